The Morgan fingerprint density at radius 2 is 2.04 bits per heavy atom. The van der Waals surface area contributed by atoms with E-state index in [0.717, 1.165) is 31.4 Å². The molecule has 24 heavy (non-hydrogen) atoms. The first-order valence-corrected chi connectivity index (χ1v) is 8.94. The van der Waals surface area contributed by atoms with E-state index in [9.17, 15) is 4.79 Å². The van der Waals surface area contributed by atoms with Crippen LogP contribution in [-0.2, 0) is 4.79 Å². The number of carbonyl (C=O) groups is 1. The Labute approximate surface area is 163 Å². The summed E-state index contributed by atoms with van der Waals surface area (Å²) >= 11 is 0. The van der Waals surface area contributed by atoms with Gasteiger partial charge in [-0.1, -0.05) is 6.92 Å². The smallest absolute Gasteiger partial charge is 0.243 e. The monoisotopic (exact) mass is 451 g/mol. The zero-order chi connectivity index (χ0) is 17.0. The van der Waals surface area contributed by atoms with Crippen LogP contribution < -0.4 is 10.6 Å². The van der Waals surface area contributed by atoms with Crippen LogP contribution in [0.3, 0.4) is 0 Å². The van der Waals surface area contributed by atoms with Gasteiger partial charge in [-0.05, 0) is 39.5 Å². The van der Waals surface area contributed by atoms with E-state index in [4.69, 9.17) is 0 Å². The Kier molecular flexibility index (Phi) is 8.76. The maximum Gasteiger partial charge on any atom is 0.243 e. The van der Waals surface area contributed by atoms with Gasteiger partial charge in [-0.3, -0.25) is 9.69 Å². The highest BCUT2D eigenvalue weighted by Crippen LogP contribution is 2.33. The minimum Gasteiger partial charge on any atom is -0.354 e. The molecule has 140 valence electrons. The molecule has 1 saturated carbocycles. The minimum absolute atomic E-state index is 0. The number of amides is 1. The number of nitrogens with zero attached hydrogens (tertiary/aromatic N) is 3. The molecule has 1 amide bonds. The largest absolute Gasteiger partial charge is 0.354 e. The molecule has 3 atom stereocenters. The first kappa shape index (κ1) is 21.5. The van der Waals surface area contributed by atoms with Gasteiger partial charge in [-0.15, -0.1) is 24.0 Å². The van der Waals surface area contributed by atoms with Crippen molar-refractivity contribution in [2.75, 3.05) is 27.2 Å². The molecule has 1 aliphatic heterocycles. The van der Waals surface area contributed by atoms with E-state index in [0.29, 0.717) is 18.1 Å². The first-order valence-electron chi connectivity index (χ1n) is 8.94. The van der Waals surface area contributed by atoms with Gasteiger partial charge in [0, 0.05) is 44.8 Å². The maximum atomic E-state index is 11.8. The lowest BCUT2D eigenvalue weighted by molar-refractivity contribution is -0.127. The summed E-state index contributed by atoms with van der Waals surface area (Å²) in [6.07, 6.45) is 4.86. The molecule has 0 spiro atoms. The molecular formula is C17H34IN5O. The number of rotatable bonds is 6. The van der Waals surface area contributed by atoms with Gasteiger partial charge < -0.3 is 15.5 Å². The predicted octanol–water partition coefficient (Wildman–Crippen LogP) is 1.65. The third-order valence-corrected chi connectivity index (χ3v) is 4.85. The molecule has 2 aliphatic rings. The van der Waals surface area contributed by atoms with Crippen molar-refractivity contribution in [1.29, 1.82) is 0 Å². The Balaban J connectivity index is 0.00000288. The van der Waals surface area contributed by atoms with Gasteiger partial charge in [0.05, 0.1) is 0 Å². The highest BCUT2D eigenvalue weighted by molar-refractivity contribution is 14.0. The van der Waals surface area contributed by atoms with Crippen LogP contribution in [0.25, 0.3) is 0 Å². The van der Waals surface area contributed by atoms with Crippen molar-refractivity contribution in [3.05, 3.63) is 0 Å². The van der Waals surface area contributed by atoms with Gasteiger partial charge in [0.15, 0.2) is 5.96 Å². The van der Waals surface area contributed by atoms with Crippen LogP contribution in [0.4, 0.5) is 0 Å². The molecule has 7 heteroatoms. The summed E-state index contributed by atoms with van der Waals surface area (Å²) < 4.78 is 0. The minimum atomic E-state index is 0. The average Bonchev–Trinajstić information content (AvgIpc) is 3.28. The van der Waals surface area contributed by atoms with Crippen LogP contribution in [0.1, 0.15) is 46.5 Å². The molecule has 2 rings (SSSR count). The molecule has 0 aromatic rings. The second kappa shape index (κ2) is 9.79. The van der Waals surface area contributed by atoms with Crippen LogP contribution in [0.2, 0.25) is 0 Å². The highest BCUT2D eigenvalue weighted by Gasteiger charge is 2.38. The zero-order valence-electron chi connectivity index (χ0n) is 15.7. The molecular weight excluding hydrogens is 417 g/mol. The summed E-state index contributed by atoms with van der Waals surface area (Å²) in [5.74, 6) is 0.791. The topological polar surface area (TPSA) is 60.0 Å². The SMILES string of the molecule is CCC(C)NC(=NCC(=O)N(C)C)NC1CC(C)N(C2CC2)C1.I. The van der Waals surface area contributed by atoms with Gasteiger partial charge in [0.2, 0.25) is 5.91 Å². The molecule has 1 aliphatic carbocycles. The van der Waals surface area contributed by atoms with E-state index in [2.05, 4.69) is 41.3 Å². The number of carbonyl (C=O) groups excluding carboxylic acids is 1. The number of hydrogen-bond donors (Lipinski definition) is 2. The number of likely N-dealkylation sites (tertiary alicyclic amines) is 1. The Bertz CT molecular complexity index is 439. The molecule has 3 unspecified atom stereocenters. The fourth-order valence-electron chi connectivity index (χ4n) is 3.03. The summed E-state index contributed by atoms with van der Waals surface area (Å²) in [5, 5.41) is 6.96. The Morgan fingerprint density at radius 3 is 2.58 bits per heavy atom. The van der Waals surface area contributed by atoms with Crippen molar-refractivity contribution in [1.82, 2.24) is 20.4 Å². The van der Waals surface area contributed by atoms with Crippen molar-refractivity contribution in [3.63, 3.8) is 0 Å². The fraction of sp³-hybridized carbons (Fsp3) is 0.882. The van der Waals surface area contributed by atoms with E-state index >= 15 is 0 Å². The molecule has 0 bridgehead atoms. The maximum absolute atomic E-state index is 11.8. The second-order valence-electron chi connectivity index (χ2n) is 7.26. The molecule has 1 saturated heterocycles. The number of likely N-dealkylation sites (N-methyl/N-ethyl adjacent to an activating group) is 1. The van der Waals surface area contributed by atoms with Crippen LogP contribution in [-0.4, -0.2) is 73.0 Å². The lowest BCUT2D eigenvalue weighted by Gasteiger charge is -2.22. The van der Waals surface area contributed by atoms with Crippen LogP contribution in [0.5, 0.6) is 0 Å². The molecule has 0 radical (unpaired) electrons. The van der Waals surface area contributed by atoms with Crippen LogP contribution in [0.15, 0.2) is 4.99 Å². The molecule has 2 fully saturated rings. The van der Waals surface area contributed by atoms with Gasteiger partial charge in [0.1, 0.15) is 6.54 Å². The Hall–Kier alpha value is -0.570. The van der Waals surface area contributed by atoms with E-state index in [-0.39, 0.29) is 36.4 Å². The van der Waals surface area contributed by atoms with E-state index in [1.807, 2.05) is 0 Å². The number of aliphatic imine (C=N–C) groups is 1. The summed E-state index contributed by atoms with van der Waals surface area (Å²) in [7, 11) is 3.53. The normalized spacial score (nSPS) is 25.8. The standard InChI is InChI=1S/C17H33N5O.HI/c1-6-12(2)19-17(18-10-16(23)21(4)5)20-14-9-13(3)22(11-14)15-7-8-15;/h12-15H,6-11H2,1-5H3,(H2,18,19,20);1H. The molecule has 0 aromatic carbocycles. The van der Waals surface area contributed by atoms with Crippen molar-refractivity contribution < 1.29 is 4.79 Å². The number of halogens is 1. The number of guanidine groups is 1. The summed E-state index contributed by atoms with van der Waals surface area (Å²) in [5.41, 5.74) is 0. The predicted molar refractivity (Wildman–Crippen MR) is 110 cm³/mol. The molecule has 2 N–H and O–H groups in total. The first-order chi connectivity index (χ1) is 10.9. The van der Waals surface area contributed by atoms with Crippen molar-refractivity contribution in [3.8, 4) is 0 Å². The highest BCUT2D eigenvalue weighted by atomic mass is 127. The van der Waals surface area contributed by atoms with Gasteiger partial charge in [-0.2, -0.15) is 0 Å². The lowest BCUT2D eigenvalue weighted by Crippen LogP contribution is -2.48. The van der Waals surface area contributed by atoms with Gasteiger partial charge in [-0.25, -0.2) is 4.99 Å². The van der Waals surface area contributed by atoms with Crippen LogP contribution >= 0.6 is 24.0 Å². The molecule has 6 nitrogen and oxygen atoms in total. The second-order valence-corrected chi connectivity index (χ2v) is 7.26. The number of hydrogen-bond acceptors (Lipinski definition) is 3. The molecule has 0 aromatic heterocycles. The van der Waals surface area contributed by atoms with Gasteiger partial charge in [0.25, 0.3) is 0 Å². The Morgan fingerprint density at radius 1 is 1.38 bits per heavy atom. The summed E-state index contributed by atoms with van der Waals surface area (Å²) in [4.78, 5) is 20.5. The lowest BCUT2D eigenvalue weighted by atomic mass is 10.2. The van der Waals surface area contributed by atoms with Crippen molar-refractivity contribution >= 4 is 35.8 Å². The fourth-order valence-corrected chi connectivity index (χ4v) is 3.03. The molecule has 1 heterocycles. The quantitative estimate of drug-likeness (QED) is 0.367. The van der Waals surface area contributed by atoms with Crippen molar-refractivity contribution in [2.24, 2.45) is 4.99 Å². The van der Waals surface area contributed by atoms with E-state index < -0.39 is 0 Å². The summed E-state index contributed by atoms with van der Waals surface area (Å²) in [6.45, 7) is 7.86. The number of nitrogens with one attached hydrogen (secondary N) is 2. The van der Waals surface area contributed by atoms with Crippen LogP contribution in [0, 0.1) is 0 Å². The zero-order valence-corrected chi connectivity index (χ0v) is 18.0. The third-order valence-electron chi connectivity index (χ3n) is 4.85. The van der Waals surface area contributed by atoms with E-state index in [1.54, 1.807) is 19.0 Å². The van der Waals surface area contributed by atoms with Gasteiger partial charge >= 0.3 is 0 Å². The van der Waals surface area contributed by atoms with E-state index in [1.165, 1.54) is 12.8 Å². The summed E-state index contributed by atoms with van der Waals surface area (Å²) in [6, 6.07) is 2.19. The average molecular weight is 451 g/mol. The van der Waals surface area contributed by atoms with Crippen molar-refractivity contribution in [2.45, 2.75) is 70.6 Å². The third kappa shape index (κ3) is 6.38.